The first-order valence-electron chi connectivity index (χ1n) is 11.4. The molecule has 3 aromatic carbocycles. The molecule has 5 rings (SSSR count). The first kappa shape index (κ1) is 24.8. The van der Waals surface area contributed by atoms with Gasteiger partial charge in [-0.25, -0.2) is 4.39 Å². The number of amides is 3. The second-order valence-corrected chi connectivity index (χ2v) is 9.93. The molecule has 1 saturated heterocycles. The van der Waals surface area contributed by atoms with Gasteiger partial charge in [0, 0.05) is 34.4 Å². The van der Waals surface area contributed by atoms with Gasteiger partial charge in [0.1, 0.15) is 12.4 Å². The van der Waals surface area contributed by atoms with Crippen molar-refractivity contribution in [3.05, 3.63) is 105 Å². The highest BCUT2D eigenvalue weighted by Gasteiger charge is 2.36. The molecule has 4 aromatic rings. The molecule has 0 unspecified atom stereocenters. The number of benzene rings is 3. The third-order valence-electron chi connectivity index (χ3n) is 6.12. The summed E-state index contributed by atoms with van der Waals surface area (Å²) in [6.45, 7) is 2.18. The molecule has 0 bridgehead atoms. The van der Waals surface area contributed by atoms with Crippen LogP contribution in [0.5, 0.6) is 0 Å². The second-order valence-electron chi connectivity index (χ2n) is 8.53. The maximum Gasteiger partial charge on any atom is 0.294 e. The Labute approximate surface area is 221 Å². The predicted molar refractivity (Wildman–Crippen MR) is 145 cm³/mol. The smallest absolute Gasteiger partial charge is 0.294 e. The van der Waals surface area contributed by atoms with E-state index < -0.39 is 29.4 Å². The van der Waals surface area contributed by atoms with E-state index in [0.717, 1.165) is 50.5 Å². The third kappa shape index (κ3) is 5.03. The van der Waals surface area contributed by atoms with Gasteiger partial charge < -0.3 is 9.88 Å². The molecule has 1 N–H and O–H groups in total. The molecule has 186 valence electrons. The Balaban J connectivity index is 1.40. The summed E-state index contributed by atoms with van der Waals surface area (Å²) in [4.78, 5) is 39.4. The van der Waals surface area contributed by atoms with Crippen molar-refractivity contribution in [3.8, 4) is 0 Å². The minimum atomic E-state index is -0.615. The van der Waals surface area contributed by atoms with E-state index in [1.54, 1.807) is 6.08 Å². The van der Waals surface area contributed by atoms with Crippen LogP contribution in [0, 0.1) is 12.7 Å². The van der Waals surface area contributed by atoms with Crippen molar-refractivity contribution < 1.29 is 18.8 Å². The molecule has 1 fully saturated rings. The molecule has 6 nitrogen and oxygen atoms in total. The summed E-state index contributed by atoms with van der Waals surface area (Å²) in [5.74, 6) is -1.75. The van der Waals surface area contributed by atoms with Crippen molar-refractivity contribution in [2.45, 2.75) is 13.5 Å². The molecule has 0 saturated carbocycles. The van der Waals surface area contributed by atoms with Crippen LogP contribution in [-0.2, 0) is 16.1 Å². The van der Waals surface area contributed by atoms with Crippen LogP contribution in [-0.4, -0.2) is 33.1 Å². The SMILES string of the molecule is Cc1c(/C=C2\SC(=O)N(CC(=O)Nc3ccc(F)c(Cl)c3)C2=O)c2ccccc2n1Cc1ccccc1. The Morgan fingerprint density at radius 3 is 2.54 bits per heavy atom. The number of carbonyl (C=O) groups excluding carboxylic acids is 3. The van der Waals surface area contributed by atoms with Crippen molar-refractivity contribution in [2.75, 3.05) is 11.9 Å². The van der Waals surface area contributed by atoms with Gasteiger partial charge in [0.05, 0.1) is 9.93 Å². The number of carbonyl (C=O) groups is 3. The van der Waals surface area contributed by atoms with Gasteiger partial charge in [-0.3, -0.25) is 19.3 Å². The summed E-state index contributed by atoms with van der Waals surface area (Å²) in [5, 5.41) is 2.82. The molecule has 9 heteroatoms. The van der Waals surface area contributed by atoms with Crippen molar-refractivity contribution >= 4 is 63.1 Å². The maximum atomic E-state index is 13.4. The minimum Gasteiger partial charge on any atom is -0.340 e. The lowest BCUT2D eigenvalue weighted by Gasteiger charge is -2.12. The number of nitrogens with one attached hydrogen (secondary N) is 1. The summed E-state index contributed by atoms with van der Waals surface area (Å²) in [7, 11) is 0. The number of imide groups is 1. The monoisotopic (exact) mass is 533 g/mol. The number of fused-ring (bicyclic) bond motifs is 1. The number of para-hydroxylation sites is 1. The van der Waals surface area contributed by atoms with E-state index in [2.05, 4.69) is 22.0 Å². The summed E-state index contributed by atoms with van der Waals surface area (Å²) < 4.78 is 15.6. The lowest BCUT2D eigenvalue weighted by atomic mass is 10.1. The van der Waals surface area contributed by atoms with Crippen molar-refractivity contribution in [2.24, 2.45) is 0 Å². The zero-order valence-electron chi connectivity index (χ0n) is 19.7. The van der Waals surface area contributed by atoms with Gasteiger partial charge in [-0.15, -0.1) is 0 Å². The van der Waals surface area contributed by atoms with Crippen molar-refractivity contribution in [1.29, 1.82) is 0 Å². The predicted octanol–water partition coefficient (Wildman–Crippen LogP) is 6.47. The zero-order chi connectivity index (χ0) is 26.1. The summed E-state index contributed by atoms with van der Waals surface area (Å²) in [6.07, 6.45) is 1.72. The number of rotatable bonds is 6. The lowest BCUT2D eigenvalue weighted by molar-refractivity contribution is -0.127. The Hall–Kier alpha value is -3.88. The molecule has 1 aliphatic rings. The highest BCUT2D eigenvalue weighted by Crippen LogP contribution is 2.36. The number of halogens is 2. The van der Waals surface area contributed by atoms with Gasteiger partial charge in [0.15, 0.2) is 0 Å². The molecule has 0 aliphatic carbocycles. The van der Waals surface area contributed by atoms with Crippen molar-refractivity contribution in [1.82, 2.24) is 9.47 Å². The topological polar surface area (TPSA) is 71.4 Å². The molecule has 0 atom stereocenters. The lowest BCUT2D eigenvalue weighted by Crippen LogP contribution is -2.36. The van der Waals surface area contributed by atoms with Crippen molar-refractivity contribution in [3.63, 3.8) is 0 Å². The van der Waals surface area contributed by atoms with Gasteiger partial charge in [-0.1, -0.05) is 60.1 Å². The Bertz CT molecular complexity index is 1580. The van der Waals surface area contributed by atoms with Gasteiger partial charge >= 0.3 is 0 Å². The number of thioether (sulfide) groups is 1. The number of aromatic nitrogens is 1. The summed E-state index contributed by atoms with van der Waals surface area (Å²) in [6, 6.07) is 21.7. The normalized spacial score (nSPS) is 14.7. The molecule has 3 amide bonds. The molecular formula is C28H21ClFN3O3S. The van der Waals surface area contributed by atoms with Crippen LogP contribution in [0.15, 0.2) is 77.7 Å². The van der Waals surface area contributed by atoms with E-state index in [4.69, 9.17) is 11.6 Å². The van der Waals surface area contributed by atoms with E-state index in [9.17, 15) is 18.8 Å². The van der Waals surface area contributed by atoms with Crippen LogP contribution in [0.4, 0.5) is 14.9 Å². The molecular weight excluding hydrogens is 513 g/mol. The standard InChI is InChI=1S/C28H21ClFN3O3S/c1-17-21(20-9-5-6-10-24(20)32(17)15-18-7-3-2-4-8-18)14-25-27(35)33(28(36)37-25)16-26(34)31-19-11-12-23(30)22(29)13-19/h2-14H,15-16H2,1H3,(H,31,34)/b25-14-. The molecule has 0 radical (unpaired) electrons. The van der Waals surface area contributed by atoms with Crippen LogP contribution in [0.1, 0.15) is 16.8 Å². The fraction of sp³-hybridized carbons (Fsp3) is 0.107. The van der Waals surface area contributed by atoms with Crippen LogP contribution in [0.3, 0.4) is 0 Å². The zero-order valence-corrected chi connectivity index (χ0v) is 21.3. The molecule has 0 spiro atoms. The van der Waals surface area contributed by atoms with E-state index in [1.807, 2.05) is 49.4 Å². The molecule has 1 aliphatic heterocycles. The van der Waals surface area contributed by atoms with Gasteiger partial charge in [-0.2, -0.15) is 0 Å². The van der Waals surface area contributed by atoms with Gasteiger partial charge in [0.25, 0.3) is 11.1 Å². The van der Waals surface area contributed by atoms with Crippen LogP contribution >= 0.6 is 23.4 Å². The number of nitrogens with zero attached hydrogens (tertiary/aromatic N) is 2. The van der Waals surface area contributed by atoms with Crippen LogP contribution < -0.4 is 5.32 Å². The third-order valence-corrected chi connectivity index (χ3v) is 7.31. The van der Waals surface area contributed by atoms with Gasteiger partial charge in [0.2, 0.25) is 5.91 Å². The maximum absolute atomic E-state index is 13.4. The number of hydrogen-bond acceptors (Lipinski definition) is 4. The summed E-state index contributed by atoms with van der Waals surface area (Å²) in [5.41, 5.74) is 4.24. The highest BCUT2D eigenvalue weighted by molar-refractivity contribution is 8.18. The average Bonchev–Trinajstić information content (AvgIpc) is 3.30. The number of anilines is 1. The fourth-order valence-electron chi connectivity index (χ4n) is 4.30. The quantitative estimate of drug-likeness (QED) is 0.288. The van der Waals surface area contributed by atoms with E-state index in [1.165, 1.54) is 12.1 Å². The fourth-order valence-corrected chi connectivity index (χ4v) is 5.30. The average molecular weight is 534 g/mol. The minimum absolute atomic E-state index is 0.145. The van der Waals surface area contributed by atoms with Crippen LogP contribution in [0.25, 0.3) is 17.0 Å². The first-order chi connectivity index (χ1) is 17.8. The van der Waals surface area contributed by atoms with E-state index in [-0.39, 0.29) is 15.6 Å². The summed E-state index contributed by atoms with van der Waals surface area (Å²) >= 11 is 6.55. The number of hydrogen-bond donors (Lipinski definition) is 1. The van der Waals surface area contributed by atoms with Gasteiger partial charge in [-0.05, 0) is 54.6 Å². The molecule has 2 heterocycles. The highest BCUT2D eigenvalue weighted by atomic mass is 35.5. The van der Waals surface area contributed by atoms with E-state index >= 15 is 0 Å². The second kappa shape index (κ2) is 10.2. The molecule has 1 aromatic heterocycles. The van der Waals surface area contributed by atoms with Crippen LogP contribution in [0.2, 0.25) is 5.02 Å². The Morgan fingerprint density at radius 1 is 1.05 bits per heavy atom. The van der Waals surface area contributed by atoms with E-state index in [0.29, 0.717) is 6.54 Å². The largest absolute Gasteiger partial charge is 0.340 e. The molecule has 37 heavy (non-hydrogen) atoms. The first-order valence-corrected chi connectivity index (χ1v) is 12.6. The Kier molecular flexibility index (Phi) is 6.86. The Morgan fingerprint density at radius 2 is 1.78 bits per heavy atom.